The molecule has 3 rings (SSSR count). The highest BCUT2D eigenvalue weighted by atomic mass is 127. The second kappa shape index (κ2) is 10.8. The molecule has 0 radical (unpaired) electrons. The predicted octanol–water partition coefficient (Wildman–Crippen LogP) is 3.12. The normalized spacial score (nSPS) is 20.4. The molecule has 1 N–H and O–H groups in total. The van der Waals surface area contributed by atoms with E-state index in [9.17, 15) is 4.79 Å². The highest BCUT2D eigenvalue weighted by molar-refractivity contribution is 14.0. The molecule has 1 unspecified atom stereocenters. The third kappa shape index (κ3) is 5.95. The molecular formula is C18H25BrClIN4O2. The van der Waals surface area contributed by atoms with Crippen molar-refractivity contribution < 1.29 is 9.53 Å². The Hall–Kier alpha value is -0.580. The van der Waals surface area contributed by atoms with Gasteiger partial charge in [-0.2, -0.15) is 0 Å². The molecule has 0 bridgehead atoms. The van der Waals surface area contributed by atoms with E-state index in [1.165, 1.54) is 0 Å². The summed E-state index contributed by atoms with van der Waals surface area (Å²) in [5.74, 6) is 0.958. The van der Waals surface area contributed by atoms with E-state index in [1.54, 1.807) is 7.05 Å². The number of benzene rings is 1. The Kier molecular flexibility index (Phi) is 9.10. The molecule has 1 aromatic carbocycles. The van der Waals surface area contributed by atoms with Crippen LogP contribution in [0.2, 0.25) is 5.02 Å². The third-order valence-corrected chi connectivity index (χ3v) is 5.60. The molecule has 1 atom stereocenters. The van der Waals surface area contributed by atoms with Gasteiger partial charge in [0, 0.05) is 55.9 Å². The van der Waals surface area contributed by atoms with Crippen LogP contribution in [0, 0.1) is 0 Å². The van der Waals surface area contributed by atoms with Gasteiger partial charge in [0.05, 0.1) is 0 Å². The summed E-state index contributed by atoms with van der Waals surface area (Å²) in [6.07, 6.45) is 1.58. The van der Waals surface area contributed by atoms with Crippen LogP contribution in [-0.4, -0.2) is 67.6 Å². The molecule has 0 aliphatic carbocycles. The summed E-state index contributed by atoms with van der Waals surface area (Å²) >= 11 is 9.69. The minimum Gasteiger partial charge on any atom is -0.368 e. The molecule has 150 valence electrons. The summed E-state index contributed by atoms with van der Waals surface area (Å²) in [4.78, 5) is 20.9. The number of carbonyl (C=O) groups is 1. The van der Waals surface area contributed by atoms with Crippen molar-refractivity contribution in [2.75, 3.05) is 39.8 Å². The summed E-state index contributed by atoms with van der Waals surface area (Å²) in [6, 6.07) is 5.85. The SMILES string of the molecule is CN=C(NCc1ccc(Br)cc1Cl)N1CCN(C(=O)C2CCCO2)CC1.I. The van der Waals surface area contributed by atoms with Crippen LogP contribution in [0.5, 0.6) is 0 Å². The van der Waals surface area contributed by atoms with E-state index in [4.69, 9.17) is 16.3 Å². The molecule has 2 heterocycles. The third-order valence-electron chi connectivity index (χ3n) is 4.76. The number of aliphatic imine (C=N–C) groups is 1. The van der Waals surface area contributed by atoms with Crippen molar-refractivity contribution in [2.45, 2.75) is 25.5 Å². The Labute approximate surface area is 190 Å². The van der Waals surface area contributed by atoms with Crippen LogP contribution in [0.25, 0.3) is 0 Å². The number of piperazine rings is 1. The molecule has 0 spiro atoms. The summed E-state index contributed by atoms with van der Waals surface area (Å²) in [5, 5.41) is 4.08. The number of ether oxygens (including phenoxy) is 1. The molecule has 0 saturated carbocycles. The van der Waals surface area contributed by atoms with Crippen LogP contribution >= 0.6 is 51.5 Å². The average Bonchev–Trinajstić information content (AvgIpc) is 3.18. The van der Waals surface area contributed by atoms with Crippen molar-refractivity contribution in [1.29, 1.82) is 0 Å². The van der Waals surface area contributed by atoms with E-state index in [2.05, 4.69) is 31.1 Å². The molecule has 2 fully saturated rings. The maximum atomic E-state index is 12.4. The molecule has 9 heteroatoms. The zero-order valence-electron chi connectivity index (χ0n) is 15.3. The maximum Gasteiger partial charge on any atom is 0.251 e. The fourth-order valence-corrected chi connectivity index (χ4v) is 4.03. The number of rotatable bonds is 3. The molecule has 27 heavy (non-hydrogen) atoms. The quantitative estimate of drug-likeness (QED) is 0.344. The van der Waals surface area contributed by atoms with Gasteiger partial charge in [0.25, 0.3) is 5.91 Å². The van der Waals surface area contributed by atoms with Crippen LogP contribution in [0.4, 0.5) is 0 Å². The van der Waals surface area contributed by atoms with E-state index in [-0.39, 0.29) is 36.0 Å². The molecular weight excluding hydrogens is 546 g/mol. The fraction of sp³-hybridized carbons (Fsp3) is 0.556. The van der Waals surface area contributed by atoms with Gasteiger partial charge in [0.15, 0.2) is 5.96 Å². The van der Waals surface area contributed by atoms with Gasteiger partial charge < -0.3 is 19.9 Å². The summed E-state index contributed by atoms with van der Waals surface area (Å²) in [7, 11) is 1.77. The van der Waals surface area contributed by atoms with Crippen molar-refractivity contribution in [2.24, 2.45) is 4.99 Å². The Morgan fingerprint density at radius 2 is 2.04 bits per heavy atom. The first kappa shape index (κ1) is 22.7. The monoisotopic (exact) mass is 570 g/mol. The minimum absolute atomic E-state index is 0. The van der Waals surface area contributed by atoms with Crippen molar-refractivity contribution in [3.8, 4) is 0 Å². The lowest BCUT2D eigenvalue weighted by atomic mass is 10.2. The van der Waals surface area contributed by atoms with E-state index >= 15 is 0 Å². The minimum atomic E-state index is -0.237. The number of carbonyl (C=O) groups excluding carboxylic acids is 1. The lowest BCUT2D eigenvalue weighted by Crippen LogP contribution is -2.55. The van der Waals surface area contributed by atoms with E-state index in [1.807, 2.05) is 23.1 Å². The van der Waals surface area contributed by atoms with E-state index < -0.39 is 0 Å². The first-order valence-electron chi connectivity index (χ1n) is 8.88. The Morgan fingerprint density at radius 3 is 2.63 bits per heavy atom. The second-order valence-electron chi connectivity index (χ2n) is 6.45. The first-order valence-corrected chi connectivity index (χ1v) is 10.1. The number of hydrogen-bond acceptors (Lipinski definition) is 3. The smallest absolute Gasteiger partial charge is 0.251 e. The van der Waals surface area contributed by atoms with Crippen LogP contribution in [0.1, 0.15) is 18.4 Å². The summed E-state index contributed by atoms with van der Waals surface area (Å²) < 4.78 is 6.47. The molecule has 2 aliphatic rings. The average molecular weight is 572 g/mol. The summed E-state index contributed by atoms with van der Waals surface area (Å²) in [6.45, 7) is 4.20. The van der Waals surface area contributed by atoms with Crippen molar-refractivity contribution in [1.82, 2.24) is 15.1 Å². The van der Waals surface area contributed by atoms with Crippen molar-refractivity contribution in [3.05, 3.63) is 33.3 Å². The Balaban J connectivity index is 0.00000261. The predicted molar refractivity (Wildman–Crippen MR) is 122 cm³/mol. The highest BCUT2D eigenvalue weighted by Crippen LogP contribution is 2.21. The lowest BCUT2D eigenvalue weighted by molar-refractivity contribution is -0.142. The van der Waals surface area contributed by atoms with Crippen LogP contribution in [-0.2, 0) is 16.1 Å². The lowest BCUT2D eigenvalue weighted by Gasteiger charge is -2.37. The van der Waals surface area contributed by atoms with Gasteiger partial charge in [-0.15, -0.1) is 24.0 Å². The standard InChI is InChI=1S/C18H24BrClN4O2.HI/c1-21-18(22-12-13-4-5-14(19)11-15(13)20)24-8-6-23(7-9-24)17(25)16-3-2-10-26-16;/h4-5,11,16H,2-3,6-10,12H2,1H3,(H,21,22);1H. The highest BCUT2D eigenvalue weighted by Gasteiger charge is 2.30. The van der Waals surface area contributed by atoms with Crippen LogP contribution < -0.4 is 5.32 Å². The number of guanidine groups is 1. The van der Waals surface area contributed by atoms with Crippen molar-refractivity contribution in [3.63, 3.8) is 0 Å². The molecule has 1 amide bonds. The maximum absolute atomic E-state index is 12.4. The first-order chi connectivity index (χ1) is 12.6. The molecule has 6 nitrogen and oxygen atoms in total. The number of halogens is 3. The van der Waals surface area contributed by atoms with Crippen molar-refractivity contribution >= 4 is 63.4 Å². The van der Waals surface area contributed by atoms with Gasteiger partial charge in [-0.25, -0.2) is 0 Å². The van der Waals surface area contributed by atoms with Gasteiger partial charge in [0.2, 0.25) is 0 Å². The topological polar surface area (TPSA) is 57.2 Å². The zero-order chi connectivity index (χ0) is 18.5. The fourth-order valence-electron chi connectivity index (χ4n) is 3.29. The van der Waals surface area contributed by atoms with Crippen LogP contribution in [0.15, 0.2) is 27.7 Å². The Bertz CT molecular complexity index is 677. The van der Waals surface area contributed by atoms with E-state index in [0.717, 1.165) is 41.9 Å². The van der Waals surface area contributed by atoms with Gasteiger partial charge in [-0.05, 0) is 30.5 Å². The molecule has 2 saturated heterocycles. The number of amides is 1. The number of nitrogens with zero attached hydrogens (tertiary/aromatic N) is 3. The Morgan fingerprint density at radius 1 is 1.33 bits per heavy atom. The number of hydrogen-bond donors (Lipinski definition) is 1. The molecule has 0 aromatic heterocycles. The molecule has 2 aliphatic heterocycles. The largest absolute Gasteiger partial charge is 0.368 e. The second-order valence-corrected chi connectivity index (χ2v) is 7.77. The molecule has 1 aromatic rings. The van der Waals surface area contributed by atoms with Gasteiger partial charge in [-0.1, -0.05) is 33.6 Å². The number of nitrogens with one attached hydrogen (secondary N) is 1. The summed E-state index contributed by atoms with van der Waals surface area (Å²) in [5.41, 5.74) is 1.02. The van der Waals surface area contributed by atoms with Crippen LogP contribution in [0.3, 0.4) is 0 Å². The zero-order valence-corrected chi connectivity index (χ0v) is 20.0. The van der Waals surface area contributed by atoms with E-state index in [0.29, 0.717) is 31.3 Å². The van der Waals surface area contributed by atoms with Gasteiger partial charge in [0.1, 0.15) is 6.10 Å². The van der Waals surface area contributed by atoms with Gasteiger partial charge in [-0.3, -0.25) is 9.79 Å². The van der Waals surface area contributed by atoms with Gasteiger partial charge >= 0.3 is 0 Å².